The molecule has 4 aromatic rings. The first-order valence-corrected chi connectivity index (χ1v) is 12.2. The summed E-state index contributed by atoms with van der Waals surface area (Å²) in [6.07, 6.45) is 4.21. The molecule has 0 bridgehead atoms. The van der Waals surface area contributed by atoms with Gasteiger partial charge in [-0.2, -0.15) is 0 Å². The Labute approximate surface area is 218 Å². The summed E-state index contributed by atoms with van der Waals surface area (Å²) in [6, 6.07) is 21.2. The number of aromatic nitrogens is 1. The Morgan fingerprint density at radius 1 is 0.946 bits per heavy atom. The first-order chi connectivity index (χ1) is 17.9. The monoisotopic (exact) mass is 513 g/mol. The number of barbiturate groups is 1. The lowest BCUT2D eigenvalue weighted by Crippen LogP contribution is -2.54. The number of carbonyl (C=O) groups excluding carboxylic acids is 3. The number of nitrogens with one attached hydrogen (secondary N) is 1. The van der Waals surface area contributed by atoms with Gasteiger partial charge in [-0.1, -0.05) is 47.5 Å². The molecule has 1 saturated heterocycles. The Kier molecular flexibility index (Phi) is 6.79. The van der Waals surface area contributed by atoms with E-state index in [9.17, 15) is 14.4 Å². The molecule has 0 radical (unpaired) electrons. The number of halogens is 1. The summed E-state index contributed by atoms with van der Waals surface area (Å²) in [5, 5.41) is 3.63. The summed E-state index contributed by atoms with van der Waals surface area (Å²) >= 11 is 5.94. The molecule has 1 N–H and O–H groups in total. The van der Waals surface area contributed by atoms with E-state index >= 15 is 0 Å². The van der Waals surface area contributed by atoms with E-state index in [1.807, 2.05) is 61.7 Å². The third-order valence-electron chi connectivity index (χ3n) is 6.14. The van der Waals surface area contributed by atoms with Gasteiger partial charge in [0.1, 0.15) is 11.3 Å². The van der Waals surface area contributed by atoms with Crippen LogP contribution in [-0.4, -0.2) is 29.0 Å². The highest BCUT2D eigenvalue weighted by atomic mass is 35.5. The SMILES string of the molecule is Cc1ccc(OCCCn2cc(C=C3C(=O)NC(=O)N(c4ccc(Cl)cc4)C3=O)c3ccccc32)cc1. The van der Waals surface area contributed by atoms with Gasteiger partial charge in [0.15, 0.2) is 0 Å². The van der Waals surface area contributed by atoms with Gasteiger partial charge in [-0.15, -0.1) is 0 Å². The van der Waals surface area contributed by atoms with Crippen molar-refractivity contribution in [3.8, 4) is 5.75 Å². The predicted octanol–water partition coefficient (Wildman–Crippen LogP) is 5.74. The molecule has 0 unspecified atom stereocenters. The Bertz CT molecular complexity index is 1520. The zero-order valence-electron chi connectivity index (χ0n) is 20.1. The van der Waals surface area contributed by atoms with E-state index in [-0.39, 0.29) is 5.57 Å². The average Bonchev–Trinajstić information content (AvgIpc) is 3.24. The lowest BCUT2D eigenvalue weighted by molar-refractivity contribution is -0.122. The fourth-order valence-electron chi connectivity index (χ4n) is 4.27. The van der Waals surface area contributed by atoms with Crippen LogP contribution in [0.4, 0.5) is 10.5 Å². The van der Waals surface area contributed by atoms with E-state index in [0.29, 0.717) is 29.4 Å². The summed E-state index contributed by atoms with van der Waals surface area (Å²) < 4.78 is 7.93. The molecule has 0 atom stereocenters. The van der Waals surface area contributed by atoms with Crippen molar-refractivity contribution in [2.45, 2.75) is 19.9 Å². The molecule has 7 nitrogen and oxygen atoms in total. The normalized spacial score (nSPS) is 14.9. The first kappa shape index (κ1) is 24.3. The molecule has 3 aromatic carbocycles. The number of benzene rings is 3. The van der Waals surface area contributed by atoms with Crippen molar-refractivity contribution in [2.75, 3.05) is 11.5 Å². The smallest absolute Gasteiger partial charge is 0.335 e. The van der Waals surface area contributed by atoms with Crippen molar-refractivity contribution in [3.05, 3.63) is 101 Å². The van der Waals surface area contributed by atoms with Gasteiger partial charge in [-0.05, 0) is 61.9 Å². The number of urea groups is 1. The third kappa shape index (κ3) is 5.13. The molecule has 2 heterocycles. The summed E-state index contributed by atoms with van der Waals surface area (Å²) in [5.74, 6) is -0.599. The molecule has 0 aliphatic carbocycles. The van der Waals surface area contributed by atoms with Crippen LogP contribution in [0.2, 0.25) is 5.02 Å². The van der Waals surface area contributed by atoms with Crippen molar-refractivity contribution in [2.24, 2.45) is 0 Å². The topological polar surface area (TPSA) is 80.6 Å². The Morgan fingerprint density at radius 2 is 1.68 bits per heavy atom. The molecule has 0 spiro atoms. The molecular weight excluding hydrogens is 490 g/mol. The number of hydrogen-bond donors (Lipinski definition) is 1. The number of carbonyl (C=O) groups is 3. The highest BCUT2D eigenvalue weighted by molar-refractivity contribution is 6.39. The van der Waals surface area contributed by atoms with Crippen LogP contribution in [0.1, 0.15) is 17.5 Å². The van der Waals surface area contributed by atoms with Gasteiger partial charge in [-0.3, -0.25) is 14.9 Å². The first-order valence-electron chi connectivity index (χ1n) is 11.8. The van der Waals surface area contributed by atoms with Crippen LogP contribution in [0.15, 0.2) is 84.6 Å². The number of anilines is 1. The minimum Gasteiger partial charge on any atom is -0.494 e. The lowest BCUT2D eigenvalue weighted by atomic mass is 10.1. The van der Waals surface area contributed by atoms with Crippen LogP contribution in [0, 0.1) is 6.92 Å². The van der Waals surface area contributed by atoms with Crippen LogP contribution >= 0.6 is 11.6 Å². The Morgan fingerprint density at radius 3 is 2.43 bits per heavy atom. The third-order valence-corrected chi connectivity index (χ3v) is 6.39. The molecule has 1 aliphatic heterocycles. The molecule has 5 rings (SSSR count). The molecule has 186 valence electrons. The zero-order valence-corrected chi connectivity index (χ0v) is 20.9. The van der Waals surface area contributed by atoms with Crippen molar-refractivity contribution in [1.29, 1.82) is 0 Å². The van der Waals surface area contributed by atoms with Gasteiger partial charge in [0.05, 0.1) is 12.3 Å². The number of imide groups is 2. The van der Waals surface area contributed by atoms with Crippen LogP contribution in [-0.2, 0) is 16.1 Å². The second-order valence-corrected chi connectivity index (χ2v) is 9.18. The van der Waals surface area contributed by atoms with Crippen molar-refractivity contribution in [3.63, 3.8) is 0 Å². The minimum absolute atomic E-state index is 0.125. The summed E-state index contributed by atoms with van der Waals surface area (Å²) in [5.41, 5.74) is 3.05. The molecule has 1 aliphatic rings. The van der Waals surface area contributed by atoms with Gasteiger partial charge in [-0.25, -0.2) is 9.69 Å². The Hall–Kier alpha value is -4.36. The number of para-hydroxylation sites is 1. The second kappa shape index (κ2) is 10.3. The van der Waals surface area contributed by atoms with Crippen LogP contribution in [0.5, 0.6) is 5.75 Å². The number of ether oxygens (including phenoxy) is 1. The second-order valence-electron chi connectivity index (χ2n) is 8.74. The zero-order chi connectivity index (χ0) is 25.9. The molecule has 1 aromatic heterocycles. The maximum Gasteiger partial charge on any atom is 0.335 e. The van der Waals surface area contributed by atoms with Crippen LogP contribution in [0.25, 0.3) is 17.0 Å². The predicted molar refractivity (Wildman–Crippen MR) is 144 cm³/mol. The minimum atomic E-state index is -0.800. The number of amides is 4. The molecule has 4 amide bonds. The van der Waals surface area contributed by atoms with Crippen LogP contribution < -0.4 is 15.0 Å². The number of nitrogens with zero attached hydrogens (tertiary/aromatic N) is 2. The van der Waals surface area contributed by atoms with E-state index < -0.39 is 17.8 Å². The van der Waals surface area contributed by atoms with Gasteiger partial charge in [0, 0.05) is 34.2 Å². The van der Waals surface area contributed by atoms with E-state index in [0.717, 1.165) is 28.0 Å². The highest BCUT2D eigenvalue weighted by Crippen LogP contribution is 2.27. The van der Waals surface area contributed by atoms with Gasteiger partial charge in [0.2, 0.25) is 0 Å². The summed E-state index contributed by atoms with van der Waals surface area (Å²) in [7, 11) is 0. The van der Waals surface area contributed by atoms with E-state index in [4.69, 9.17) is 16.3 Å². The van der Waals surface area contributed by atoms with Crippen molar-refractivity contribution >= 4 is 52.1 Å². The molecule has 0 saturated carbocycles. The molecule has 1 fully saturated rings. The number of fused-ring (bicyclic) bond motifs is 1. The lowest BCUT2D eigenvalue weighted by Gasteiger charge is -2.26. The van der Waals surface area contributed by atoms with E-state index in [1.54, 1.807) is 24.3 Å². The Balaban J connectivity index is 1.39. The van der Waals surface area contributed by atoms with E-state index in [2.05, 4.69) is 9.88 Å². The van der Waals surface area contributed by atoms with Crippen molar-refractivity contribution < 1.29 is 19.1 Å². The summed E-state index contributed by atoms with van der Waals surface area (Å²) in [6.45, 7) is 3.27. The molecular formula is C29H24ClN3O4. The number of hydrogen-bond acceptors (Lipinski definition) is 4. The maximum atomic E-state index is 13.3. The fraction of sp³-hybridized carbons (Fsp3) is 0.138. The largest absolute Gasteiger partial charge is 0.494 e. The number of aryl methyl sites for hydroxylation is 2. The number of rotatable bonds is 7. The maximum absolute atomic E-state index is 13.3. The summed E-state index contributed by atoms with van der Waals surface area (Å²) in [4.78, 5) is 39.3. The van der Waals surface area contributed by atoms with Gasteiger partial charge in [0.25, 0.3) is 11.8 Å². The fourth-order valence-corrected chi connectivity index (χ4v) is 4.40. The van der Waals surface area contributed by atoms with Crippen molar-refractivity contribution in [1.82, 2.24) is 9.88 Å². The molecule has 8 heteroatoms. The quantitative estimate of drug-likeness (QED) is 0.194. The molecule has 37 heavy (non-hydrogen) atoms. The van der Waals surface area contributed by atoms with Gasteiger partial charge < -0.3 is 9.30 Å². The standard InChI is InChI=1S/C29H24ClN3O4/c1-19-7-13-23(14-8-19)37-16-4-15-32-18-20(24-5-2-3-6-26(24)32)17-25-27(34)31-29(36)33(28(25)35)22-11-9-21(30)10-12-22/h2-3,5-14,17-18H,4,15-16H2,1H3,(H,31,34,36). The van der Waals surface area contributed by atoms with Crippen LogP contribution in [0.3, 0.4) is 0 Å². The highest BCUT2D eigenvalue weighted by Gasteiger charge is 2.37. The van der Waals surface area contributed by atoms with Gasteiger partial charge >= 0.3 is 6.03 Å². The average molecular weight is 514 g/mol. The van der Waals surface area contributed by atoms with E-state index in [1.165, 1.54) is 11.6 Å².